The van der Waals surface area contributed by atoms with Gasteiger partial charge < -0.3 is 24.6 Å². The largest absolute Gasteiger partial charge is 0.497 e. The van der Waals surface area contributed by atoms with Crippen LogP contribution in [0.3, 0.4) is 0 Å². The van der Waals surface area contributed by atoms with Crippen molar-refractivity contribution in [2.24, 2.45) is 0 Å². The smallest absolute Gasteiger partial charge is 0.433 e. The Balaban J connectivity index is 1.33. The number of methoxy groups -OCH3 is 1. The van der Waals surface area contributed by atoms with Crippen LogP contribution in [0.15, 0.2) is 42.6 Å². The lowest BCUT2D eigenvalue weighted by Crippen LogP contribution is -2.52. The number of halogens is 3. The molecule has 0 bridgehead atoms. The number of hydrogen-bond donors (Lipinski definition) is 1. The van der Waals surface area contributed by atoms with Crippen LogP contribution in [0, 0.1) is 6.92 Å². The summed E-state index contributed by atoms with van der Waals surface area (Å²) in [5.74, 6) is -0.473. The summed E-state index contributed by atoms with van der Waals surface area (Å²) in [7, 11) is 1.48. The summed E-state index contributed by atoms with van der Waals surface area (Å²) in [5.41, 5.74) is -0.463. The molecule has 0 radical (unpaired) electrons. The number of piperazine rings is 1. The number of hydrogen-bond acceptors (Lipinski definition) is 8. The number of ether oxygens (including phenoxy) is 2. The molecule has 13 nitrogen and oxygen atoms in total. The van der Waals surface area contributed by atoms with Crippen LogP contribution < -0.4 is 10.1 Å². The van der Waals surface area contributed by atoms with Crippen LogP contribution in [-0.4, -0.2) is 92.0 Å². The van der Waals surface area contributed by atoms with Gasteiger partial charge in [-0.25, -0.2) is 14.3 Å². The number of nitrogens with zero attached hydrogens (tertiary/aromatic N) is 7. The highest BCUT2D eigenvalue weighted by molar-refractivity contribution is 6.03. The van der Waals surface area contributed by atoms with Gasteiger partial charge in [-0.2, -0.15) is 23.4 Å². The van der Waals surface area contributed by atoms with Crippen molar-refractivity contribution in [3.63, 3.8) is 0 Å². The van der Waals surface area contributed by atoms with Crippen molar-refractivity contribution in [2.75, 3.05) is 45.2 Å². The summed E-state index contributed by atoms with van der Waals surface area (Å²) in [5, 5.41) is 10.9. The molecule has 5 rings (SSSR count). The summed E-state index contributed by atoms with van der Waals surface area (Å²) in [6.45, 7) is 6.59. The number of carbonyl (C=O) groups excluding carboxylic acids is 3. The third kappa shape index (κ3) is 6.53. The Morgan fingerprint density at radius 1 is 1.02 bits per heavy atom. The average Bonchev–Trinajstić information content (AvgIpc) is 3.63. The van der Waals surface area contributed by atoms with Gasteiger partial charge in [0, 0.05) is 44.0 Å². The van der Waals surface area contributed by atoms with E-state index in [0.29, 0.717) is 47.7 Å². The highest BCUT2D eigenvalue weighted by Crippen LogP contribution is 2.33. The van der Waals surface area contributed by atoms with Gasteiger partial charge in [0.2, 0.25) is 5.91 Å². The van der Waals surface area contributed by atoms with Gasteiger partial charge in [-0.15, -0.1) is 0 Å². The normalized spacial score (nSPS) is 14.4. The number of carbonyl (C=O) groups is 3. The molecule has 1 aliphatic rings. The molecule has 1 saturated heterocycles. The van der Waals surface area contributed by atoms with E-state index in [1.54, 1.807) is 49.9 Å². The zero-order valence-corrected chi connectivity index (χ0v) is 25.0. The van der Waals surface area contributed by atoms with Crippen molar-refractivity contribution >= 4 is 29.2 Å². The second-order valence-electron chi connectivity index (χ2n) is 10.3. The molecule has 1 aliphatic heterocycles. The number of rotatable bonds is 7. The van der Waals surface area contributed by atoms with Crippen LogP contribution in [-0.2, 0) is 15.7 Å². The van der Waals surface area contributed by atoms with E-state index in [4.69, 9.17) is 9.47 Å². The topological polar surface area (TPSA) is 136 Å². The molecule has 0 saturated carbocycles. The molecule has 16 heteroatoms. The van der Waals surface area contributed by atoms with Crippen molar-refractivity contribution in [1.29, 1.82) is 0 Å². The SMILES string of the molecule is CCOC(=O)N1CCN(C(=O)C(C)n2cc(NC(=O)c3cc4nc(-c5ccc(OC)cc5)cc(C(F)(F)F)n4n3)c(C)n2)CC1. The number of aryl methyl sites for hydroxylation is 1. The van der Waals surface area contributed by atoms with Gasteiger partial charge >= 0.3 is 12.3 Å². The Labute approximate surface area is 255 Å². The van der Waals surface area contributed by atoms with E-state index in [0.717, 1.165) is 6.07 Å². The zero-order valence-electron chi connectivity index (χ0n) is 25.0. The standard InChI is InChI=1S/C29H31F3N8O5/c1-5-45-28(43)38-12-10-37(11-13-38)27(42)18(3)39-16-23(17(2)35-39)34-26(41)22-15-25-33-21(19-6-8-20(44-4)9-7-19)14-24(29(30,31)32)40(25)36-22/h6-9,14-16,18H,5,10-13H2,1-4H3,(H,34,41). The van der Waals surface area contributed by atoms with Gasteiger partial charge in [-0.05, 0) is 51.1 Å². The van der Waals surface area contributed by atoms with E-state index in [1.165, 1.54) is 29.0 Å². The quantitative estimate of drug-likeness (QED) is 0.324. The predicted molar refractivity (Wildman–Crippen MR) is 155 cm³/mol. The van der Waals surface area contributed by atoms with Crippen LogP contribution in [0.4, 0.5) is 23.7 Å². The Bertz CT molecular complexity index is 1730. The maximum absolute atomic E-state index is 14.0. The van der Waals surface area contributed by atoms with Crippen molar-refractivity contribution in [2.45, 2.75) is 33.0 Å². The predicted octanol–water partition coefficient (Wildman–Crippen LogP) is 4.04. The molecule has 1 atom stereocenters. The number of alkyl halides is 3. The van der Waals surface area contributed by atoms with E-state index in [1.807, 2.05) is 0 Å². The Kier molecular flexibility index (Phi) is 8.66. The first-order valence-electron chi connectivity index (χ1n) is 14.1. The van der Waals surface area contributed by atoms with Crippen LogP contribution in [0.5, 0.6) is 5.75 Å². The number of fused-ring (bicyclic) bond motifs is 1. The van der Waals surface area contributed by atoms with Crippen molar-refractivity contribution < 1.29 is 37.0 Å². The molecule has 238 valence electrons. The first kappa shape index (κ1) is 31.3. The molecule has 1 fully saturated rings. The molecule has 1 N–H and O–H groups in total. The molecule has 1 unspecified atom stereocenters. The fourth-order valence-corrected chi connectivity index (χ4v) is 4.89. The van der Waals surface area contributed by atoms with E-state index < -0.39 is 29.9 Å². The Hall–Kier alpha value is -5.15. The monoisotopic (exact) mass is 628 g/mol. The lowest BCUT2D eigenvalue weighted by Gasteiger charge is -2.35. The van der Waals surface area contributed by atoms with Crippen LogP contribution in [0.1, 0.15) is 41.8 Å². The van der Waals surface area contributed by atoms with Gasteiger partial charge in [0.15, 0.2) is 17.0 Å². The van der Waals surface area contributed by atoms with E-state index in [-0.39, 0.29) is 35.2 Å². The first-order valence-corrected chi connectivity index (χ1v) is 14.1. The van der Waals surface area contributed by atoms with E-state index in [2.05, 4.69) is 20.5 Å². The minimum atomic E-state index is -4.78. The summed E-state index contributed by atoms with van der Waals surface area (Å²) in [4.78, 5) is 45.7. The lowest BCUT2D eigenvalue weighted by atomic mass is 10.1. The van der Waals surface area contributed by atoms with Crippen LogP contribution in [0.25, 0.3) is 16.9 Å². The minimum Gasteiger partial charge on any atom is -0.497 e. The van der Waals surface area contributed by atoms with Crippen LogP contribution in [0.2, 0.25) is 0 Å². The fraction of sp³-hybridized carbons (Fsp3) is 0.379. The van der Waals surface area contributed by atoms with Crippen molar-refractivity contribution in [3.8, 4) is 17.0 Å². The molecule has 3 amide bonds. The molecule has 4 aromatic rings. The molecular formula is C29H31F3N8O5. The number of amides is 3. The molecular weight excluding hydrogens is 597 g/mol. The summed E-state index contributed by atoms with van der Waals surface area (Å²) >= 11 is 0. The molecule has 0 aliphatic carbocycles. The van der Waals surface area contributed by atoms with E-state index >= 15 is 0 Å². The summed E-state index contributed by atoms with van der Waals surface area (Å²) in [6.07, 6.45) is -3.73. The van der Waals surface area contributed by atoms with Crippen LogP contribution >= 0.6 is 0 Å². The third-order valence-corrected chi connectivity index (χ3v) is 7.37. The molecule has 0 spiro atoms. The van der Waals surface area contributed by atoms with E-state index in [9.17, 15) is 27.6 Å². The van der Waals surface area contributed by atoms with Crippen molar-refractivity contribution in [3.05, 3.63) is 59.7 Å². The number of anilines is 1. The minimum absolute atomic E-state index is 0.0439. The van der Waals surface area contributed by atoms with Gasteiger partial charge in [0.05, 0.1) is 30.8 Å². The second kappa shape index (κ2) is 12.5. The number of benzene rings is 1. The average molecular weight is 629 g/mol. The Morgan fingerprint density at radius 2 is 1.69 bits per heavy atom. The lowest BCUT2D eigenvalue weighted by molar-refractivity contribution is -0.142. The van der Waals surface area contributed by atoms with Gasteiger partial charge in [0.1, 0.15) is 11.8 Å². The van der Waals surface area contributed by atoms with Gasteiger partial charge in [-0.3, -0.25) is 14.3 Å². The fourth-order valence-electron chi connectivity index (χ4n) is 4.89. The first-order chi connectivity index (χ1) is 21.4. The molecule has 1 aromatic carbocycles. The highest BCUT2D eigenvalue weighted by atomic mass is 19.4. The molecule has 45 heavy (non-hydrogen) atoms. The molecule has 3 aromatic heterocycles. The summed E-state index contributed by atoms with van der Waals surface area (Å²) < 4.78 is 54.2. The number of aromatic nitrogens is 5. The third-order valence-electron chi connectivity index (χ3n) is 7.37. The highest BCUT2D eigenvalue weighted by Gasteiger charge is 2.36. The Morgan fingerprint density at radius 3 is 2.31 bits per heavy atom. The van der Waals surface area contributed by atoms with Crippen molar-refractivity contribution in [1.82, 2.24) is 34.2 Å². The maximum atomic E-state index is 14.0. The number of nitrogens with one attached hydrogen (secondary N) is 1. The molecule has 4 heterocycles. The summed E-state index contributed by atoms with van der Waals surface area (Å²) in [6, 6.07) is 7.68. The maximum Gasteiger partial charge on any atom is 0.433 e. The van der Waals surface area contributed by atoms with Gasteiger partial charge in [0.25, 0.3) is 5.91 Å². The van der Waals surface area contributed by atoms with Gasteiger partial charge in [-0.1, -0.05) is 0 Å². The zero-order chi connectivity index (χ0) is 32.5. The second-order valence-corrected chi connectivity index (χ2v) is 10.3.